The summed E-state index contributed by atoms with van der Waals surface area (Å²) in [7, 11) is 0. The van der Waals surface area contributed by atoms with Crippen molar-refractivity contribution in [2.45, 2.75) is 78.9 Å². The van der Waals surface area contributed by atoms with Crippen molar-refractivity contribution < 1.29 is 14.6 Å². The molecule has 0 aromatic heterocycles. The maximum atomic E-state index is 11.4. The van der Waals surface area contributed by atoms with Gasteiger partial charge in [0.15, 0.2) is 0 Å². The number of unbranched alkanes of at least 4 members (excludes halogenated alkanes) is 6. The number of rotatable bonds is 9. The Kier molecular flexibility index (Phi) is 9.58. The van der Waals surface area contributed by atoms with Crippen LogP contribution in [0.25, 0.3) is 0 Å². The topological polar surface area (TPSA) is 46.5 Å². The SMILES string of the molecule is CCCCCCCCC=CC(=O)OC(O)C(C)(C)C. The monoisotopic (exact) mass is 270 g/mol. The molecule has 19 heavy (non-hydrogen) atoms. The zero-order valence-electron chi connectivity index (χ0n) is 12.9. The third-order valence-corrected chi connectivity index (χ3v) is 2.95. The van der Waals surface area contributed by atoms with Crippen LogP contribution in [0.3, 0.4) is 0 Å². The molecule has 0 radical (unpaired) electrons. The maximum Gasteiger partial charge on any atom is 0.332 e. The molecule has 0 rings (SSSR count). The third kappa shape index (κ3) is 10.8. The van der Waals surface area contributed by atoms with Crippen molar-refractivity contribution in [1.82, 2.24) is 0 Å². The van der Waals surface area contributed by atoms with Crippen molar-refractivity contribution in [2.24, 2.45) is 5.41 Å². The molecule has 0 aromatic rings. The first kappa shape index (κ1) is 18.2. The molecule has 3 nitrogen and oxygen atoms in total. The molecule has 0 aliphatic carbocycles. The van der Waals surface area contributed by atoms with Gasteiger partial charge in [-0.2, -0.15) is 0 Å². The lowest BCUT2D eigenvalue weighted by molar-refractivity contribution is -0.180. The number of carbonyl (C=O) groups excluding carboxylic acids is 1. The second-order valence-corrected chi connectivity index (χ2v) is 6.11. The summed E-state index contributed by atoms with van der Waals surface area (Å²) in [5.41, 5.74) is -0.442. The third-order valence-electron chi connectivity index (χ3n) is 2.95. The number of hydrogen-bond donors (Lipinski definition) is 1. The highest BCUT2D eigenvalue weighted by atomic mass is 16.6. The number of aliphatic hydroxyl groups excluding tert-OH is 1. The van der Waals surface area contributed by atoms with Gasteiger partial charge in [-0.1, -0.05) is 65.9 Å². The van der Waals surface area contributed by atoms with Crippen LogP contribution in [0.2, 0.25) is 0 Å². The van der Waals surface area contributed by atoms with Crippen molar-refractivity contribution in [3.63, 3.8) is 0 Å². The molecule has 1 N–H and O–H groups in total. The summed E-state index contributed by atoms with van der Waals surface area (Å²) < 4.78 is 4.90. The van der Waals surface area contributed by atoms with Crippen LogP contribution < -0.4 is 0 Å². The van der Waals surface area contributed by atoms with E-state index in [0.717, 1.165) is 12.8 Å². The molecule has 0 aliphatic heterocycles. The quantitative estimate of drug-likeness (QED) is 0.295. The molecule has 3 heteroatoms. The van der Waals surface area contributed by atoms with E-state index in [4.69, 9.17) is 4.74 Å². The molecule has 0 spiro atoms. The summed E-state index contributed by atoms with van der Waals surface area (Å²) in [6.07, 6.45) is 10.6. The molecule has 0 aromatic carbocycles. The van der Waals surface area contributed by atoms with Crippen LogP contribution in [-0.4, -0.2) is 17.4 Å². The predicted octanol–water partition coefficient (Wildman–Crippen LogP) is 4.20. The van der Waals surface area contributed by atoms with Crippen LogP contribution in [0.5, 0.6) is 0 Å². The number of esters is 1. The van der Waals surface area contributed by atoms with E-state index in [2.05, 4.69) is 6.92 Å². The van der Waals surface area contributed by atoms with E-state index in [0.29, 0.717) is 0 Å². The van der Waals surface area contributed by atoms with Gasteiger partial charge in [-0.05, 0) is 12.8 Å². The van der Waals surface area contributed by atoms with Gasteiger partial charge in [-0.25, -0.2) is 4.79 Å². The maximum absolute atomic E-state index is 11.4. The van der Waals surface area contributed by atoms with Gasteiger partial charge in [0, 0.05) is 11.5 Å². The van der Waals surface area contributed by atoms with Crippen LogP contribution >= 0.6 is 0 Å². The molecular weight excluding hydrogens is 240 g/mol. The Morgan fingerprint density at radius 2 is 1.74 bits per heavy atom. The Morgan fingerprint density at radius 1 is 1.16 bits per heavy atom. The minimum Gasteiger partial charge on any atom is -0.432 e. The largest absolute Gasteiger partial charge is 0.432 e. The van der Waals surface area contributed by atoms with E-state index < -0.39 is 17.7 Å². The lowest BCUT2D eigenvalue weighted by atomic mass is 9.96. The van der Waals surface area contributed by atoms with E-state index in [1.54, 1.807) is 0 Å². The highest BCUT2D eigenvalue weighted by Crippen LogP contribution is 2.20. The molecule has 1 unspecified atom stereocenters. The smallest absolute Gasteiger partial charge is 0.332 e. The van der Waals surface area contributed by atoms with Gasteiger partial charge >= 0.3 is 5.97 Å². The van der Waals surface area contributed by atoms with Gasteiger partial charge in [-0.15, -0.1) is 0 Å². The van der Waals surface area contributed by atoms with Crippen LogP contribution in [0.1, 0.15) is 72.6 Å². The van der Waals surface area contributed by atoms with Crippen molar-refractivity contribution in [2.75, 3.05) is 0 Å². The Hall–Kier alpha value is -0.830. The molecule has 1 atom stereocenters. The van der Waals surface area contributed by atoms with Gasteiger partial charge in [0.2, 0.25) is 6.29 Å². The zero-order chi connectivity index (χ0) is 14.7. The van der Waals surface area contributed by atoms with E-state index in [1.165, 1.54) is 38.2 Å². The molecule has 0 amide bonds. The van der Waals surface area contributed by atoms with E-state index in [9.17, 15) is 9.90 Å². The van der Waals surface area contributed by atoms with Gasteiger partial charge in [-0.3, -0.25) is 0 Å². The normalized spacial score (nSPS) is 13.7. The summed E-state index contributed by atoms with van der Waals surface area (Å²) >= 11 is 0. The fourth-order valence-corrected chi connectivity index (χ4v) is 1.55. The summed E-state index contributed by atoms with van der Waals surface area (Å²) in [6, 6.07) is 0. The number of allylic oxidation sites excluding steroid dienone is 1. The molecule has 0 fully saturated rings. The first-order chi connectivity index (χ1) is 8.88. The fourth-order valence-electron chi connectivity index (χ4n) is 1.55. The van der Waals surface area contributed by atoms with Gasteiger partial charge in [0.1, 0.15) is 0 Å². The second kappa shape index (κ2) is 10.0. The van der Waals surface area contributed by atoms with Gasteiger partial charge < -0.3 is 9.84 Å². The van der Waals surface area contributed by atoms with Crippen molar-refractivity contribution >= 4 is 5.97 Å². The Labute approximate surface area is 118 Å². The van der Waals surface area contributed by atoms with Crippen LogP contribution in [0, 0.1) is 5.41 Å². The highest BCUT2D eigenvalue weighted by molar-refractivity contribution is 5.81. The lowest BCUT2D eigenvalue weighted by Crippen LogP contribution is -2.30. The van der Waals surface area contributed by atoms with Gasteiger partial charge in [0.25, 0.3) is 0 Å². The van der Waals surface area contributed by atoms with E-state index in [1.807, 2.05) is 26.8 Å². The summed E-state index contributed by atoms with van der Waals surface area (Å²) in [4.78, 5) is 11.4. The zero-order valence-corrected chi connectivity index (χ0v) is 12.9. The highest BCUT2D eigenvalue weighted by Gasteiger charge is 2.24. The lowest BCUT2D eigenvalue weighted by Gasteiger charge is -2.24. The molecule has 0 heterocycles. The van der Waals surface area contributed by atoms with Crippen LogP contribution in [0.15, 0.2) is 12.2 Å². The average molecular weight is 270 g/mol. The van der Waals surface area contributed by atoms with Crippen molar-refractivity contribution in [3.05, 3.63) is 12.2 Å². The first-order valence-electron chi connectivity index (χ1n) is 7.43. The van der Waals surface area contributed by atoms with Crippen LogP contribution in [-0.2, 0) is 9.53 Å². The first-order valence-corrected chi connectivity index (χ1v) is 7.43. The Bertz CT molecular complexity index is 264. The number of ether oxygens (including phenoxy) is 1. The fraction of sp³-hybridized carbons (Fsp3) is 0.812. The minimum atomic E-state index is -1.06. The van der Waals surface area contributed by atoms with E-state index in [-0.39, 0.29) is 0 Å². The Balaban J connectivity index is 3.63. The summed E-state index contributed by atoms with van der Waals surface area (Å²) in [5, 5.41) is 9.60. The molecule has 112 valence electrons. The van der Waals surface area contributed by atoms with E-state index >= 15 is 0 Å². The molecule has 0 bridgehead atoms. The number of carbonyl (C=O) groups is 1. The van der Waals surface area contributed by atoms with Crippen LogP contribution in [0.4, 0.5) is 0 Å². The number of aliphatic hydroxyl groups is 1. The minimum absolute atomic E-state index is 0.442. The van der Waals surface area contributed by atoms with Crippen molar-refractivity contribution in [3.8, 4) is 0 Å². The van der Waals surface area contributed by atoms with Crippen molar-refractivity contribution in [1.29, 1.82) is 0 Å². The summed E-state index contributed by atoms with van der Waals surface area (Å²) in [6.45, 7) is 7.68. The summed E-state index contributed by atoms with van der Waals surface area (Å²) in [5.74, 6) is -0.464. The Morgan fingerprint density at radius 3 is 2.32 bits per heavy atom. The predicted molar refractivity (Wildman–Crippen MR) is 78.7 cm³/mol. The molecular formula is C16H30O3. The standard InChI is InChI=1S/C16H30O3/c1-5-6-7-8-9-10-11-12-13-14(17)19-15(18)16(2,3)4/h12-13,15,18H,5-11H2,1-4H3. The average Bonchev–Trinajstić information content (AvgIpc) is 2.31. The molecule has 0 aliphatic rings. The second-order valence-electron chi connectivity index (χ2n) is 6.11. The molecule has 0 saturated carbocycles. The number of hydrogen-bond acceptors (Lipinski definition) is 3. The molecule has 0 saturated heterocycles. The van der Waals surface area contributed by atoms with Gasteiger partial charge in [0.05, 0.1) is 0 Å².